The van der Waals surface area contributed by atoms with Crippen molar-refractivity contribution in [2.75, 3.05) is 0 Å². The first-order valence-corrected chi connectivity index (χ1v) is 10.3. The average Bonchev–Trinajstić information content (AvgIpc) is 2.60. The molecule has 25 heavy (non-hydrogen) atoms. The molecule has 0 saturated heterocycles. The molecule has 0 bridgehead atoms. The van der Waals surface area contributed by atoms with Crippen molar-refractivity contribution in [2.45, 2.75) is 65.2 Å². The van der Waals surface area contributed by atoms with Gasteiger partial charge in [0, 0.05) is 6.07 Å². The molecule has 2 aliphatic carbocycles. The van der Waals surface area contributed by atoms with E-state index in [1.807, 2.05) is 0 Å². The van der Waals surface area contributed by atoms with E-state index in [-0.39, 0.29) is 17.7 Å². The molecular formula is C21H30FO2P. The van der Waals surface area contributed by atoms with Crippen LogP contribution in [0.15, 0.2) is 12.1 Å². The fourth-order valence-corrected chi connectivity index (χ4v) is 4.82. The summed E-state index contributed by atoms with van der Waals surface area (Å²) in [6.45, 7) is 4.08. The number of carbonyl (C=O) groups is 1. The fourth-order valence-electron chi connectivity index (χ4n) is 4.52. The van der Waals surface area contributed by atoms with Gasteiger partial charge in [0.15, 0.2) is 0 Å². The second kappa shape index (κ2) is 8.16. The highest BCUT2D eigenvalue weighted by Crippen LogP contribution is 2.41. The molecule has 2 nitrogen and oxygen atoms in total. The molecule has 0 radical (unpaired) electrons. The number of esters is 1. The predicted molar refractivity (Wildman–Crippen MR) is 103 cm³/mol. The van der Waals surface area contributed by atoms with E-state index >= 15 is 0 Å². The van der Waals surface area contributed by atoms with Gasteiger partial charge in [0.25, 0.3) is 0 Å². The van der Waals surface area contributed by atoms with Gasteiger partial charge in [-0.2, -0.15) is 0 Å². The number of halogens is 1. The van der Waals surface area contributed by atoms with Crippen LogP contribution in [0, 0.1) is 36.4 Å². The molecule has 1 atom stereocenters. The molecule has 0 aliphatic heterocycles. The molecule has 0 heterocycles. The van der Waals surface area contributed by atoms with Crippen LogP contribution in [0.2, 0.25) is 0 Å². The van der Waals surface area contributed by atoms with Gasteiger partial charge in [-0.1, -0.05) is 19.8 Å². The highest BCUT2D eigenvalue weighted by molar-refractivity contribution is 7.27. The summed E-state index contributed by atoms with van der Waals surface area (Å²) in [6.07, 6.45) is 9.55. The van der Waals surface area contributed by atoms with Crippen molar-refractivity contribution < 1.29 is 13.9 Å². The van der Waals surface area contributed by atoms with Crippen LogP contribution in [0.5, 0.6) is 5.75 Å². The third-order valence-corrected chi connectivity index (χ3v) is 7.01. The van der Waals surface area contributed by atoms with Crippen molar-refractivity contribution in [2.24, 2.45) is 23.7 Å². The molecule has 138 valence electrons. The Kier molecular flexibility index (Phi) is 6.15. The Morgan fingerprint density at radius 3 is 2.16 bits per heavy atom. The Morgan fingerprint density at radius 1 is 1.04 bits per heavy atom. The summed E-state index contributed by atoms with van der Waals surface area (Å²) in [5.41, 5.74) is 0.576. The number of rotatable bonds is 3. The van der Waals surface area contributed by atoms with Crippen molar-refractivity contribution in [1.82, 2.24) is 0 Å². The quantitative estimate of drug-likeness (QED) is 0.420. The molecule has 4 heteroatoms. The van der Waals surface area contributed by atoms with Gasteiger partial charge in [0.1, 0.15) is 11.6 Å². The molecule has 2 fully saturated rings. The number of hydrogen-bond donors (Lipinski definition) is 0. The molecule has 0 N–H and O–H groups in total. The highest BCUT2D eigenvalue weighted by Gasteiger charge is 2.33. The van der Waals surface area contributed by atoms with Crippen molar-refractivity contribution in [3.05, 3.63) is 23.5 Å². The van der Waals surface area contributed by atoms with E-state index in [0.717, 1.165) is 48.7 Å². The molecular weight excluding hydrogens is 334 g/mol. The first kappa shape index (κ1) is 18.8. The Balaban J connectivity index is 1.52. The molecule has 3 rings (SSSR count). The molecule has 0 spiro atoms. The smallest absolute Gasteiger partial charge is 0.314 e. The van der Waals surface area contributed by atoms with Gasteiger partial charge in [0.2, 0.25) is 0 Å². The van der Waals surface area contributed by atoms with Gasteiger partial charge in [0.05, 0.1) is 5.92 Å². The minimum atomic E-state index is -0.328. The third-order valence-electron chi connectivity index (χ3n) is 6.41. The molecule has 0 aromatic heterocycles. The molecule has 1 unspecified atom stereocenters. The monoisotopic (exact) mass is 364 g/mol. The van der Waals surface area contributed by atoms with Crippen molar-refractivity contribution in [1.29, 1.82) is 0 Å². The van der Waals surface area contributed by atoms with Crippen LogP contribution in [0.3, 0.4) is 0 Å². The van der Waals surface area contributed by atoms with E-state index in [1.165, 1.54) is 31.7 Å². The lowest BCUT2D eigenvalue weighted by Crippen LogP contribution is -2.30. The first-order chi connectivity index (χ1) is 11.9. The minimum Gasteiger partial charge on any atom is -0.426 e. The second-order valence-corrected chi connectivity index (χ2v) is 8.79. The van der Waals surface area contributed by atoms with Crippen LogP contribution in [-0.2, 0) is 4.79 Å². The zero-order valence-electron chi connectivity index (χ0n) is 15.4. The maximum absolute atomic E-state index is 13.8. The zero-order valence-corrected chi connectivity index (χ0v) is 16.5. The molecule has 0 amide bonds. The number of hydrogen-bond acceptors (Lipinski definition) is 2. The summed E-state index contributed by atoms with van der Waals surface area (Å²) in [5.74, 6) is 2.30. The second-order valence-electron chi connectivity index (χ2n) is 8.17. The lowest BCUT2D eigenvalue weighted by atomic mass is 9.69. The standard InChI is InChI=1S/C21H30FO2P/c1-13-3-5-15(6-4-13)16-7-9-17(10-8-16)21(23)24-18-11-19(22)14(2)20(25)12-18/h11-13,15-17H,3-10,25H2,1-2H3. The minimum absolute atomic E-state index is 0.0314. The van der Waals surface area contributed by atoms with Crippen LogP contribution in [0.1, 0.15) is 63.9 Å². The molecule has 1 aromatic carbocycles. The van der Waals surface area contributed by atoms with Gasteiger partial charge < -0.3 is 4.74 Å². The van der Waals surface area contributed by atoms with Gasteiger partial charge >= 0.3 is 5.97 Å². The predicted octanol–water partition coefficient (Wildman–Crippen LogP) is 5.17. The molecule has 1 aromatic rings. The van der Waals surface area contributed by atoms with Crippen LogP contribution in [0.4, 0.5) is 4.39 Å². The van der Waals surface area contributed by atoms with Crippen LogP contribution in [-0.4, -0.2) is 5.97 Å². The molecule has 2 aliphatic rings. The van der Waals surface area contributed by atoms with E-state index in [0.29, 0.717) is 11.3 Å². The SMILES string of the molecule is Cc1c(F)cc(OC(=O)C2CCC(C3CCC(C)CC3)CC2)cc1P. The number of benzene rings is 1. The van der Waals surface area contributed by atoms with E-state index in [1.54, 1.807) is 13.0 Å². The van der Waals surface area contributed by atoms with Crippen LogP contribution < -0.4 is 10.0 Å². The topological polar surface area (TPSA) is 26.3 Å². The Hall–Kier alpha value is -0.950. The summed E-state index contributed by atoms with van der Waals surface area (Å²) in [4.78, 5) is 12.4. The summed E-state index contributed by atoms with van der Waals surface area (Å²) in [6, 6.07) is 3.03. The fraction of sp³-hybridized carbons (Fsp3) is 0.667. The van der Waals surface area contributed by atoms with Crippen molar-refractivity contribution >= 4 is 20.5 Å². The lowest BCUT2D eigenvalue weighted by molar-refractivity contribution is -0.140. The van der Waals surface area contributed by atoms with E-state index in [2.05, 4.69) is 16.2 Å². The molecule has 2 saturated carbocycles. The Bertz CT molecular complexity index is 591. The van der Waals surface area contributed by atoms with Crippen LogP contribution in [0.25, 0.3) is 0 Å². The maximum atomic E-state index is 13.8. The highest BCUT2D eigenvalue weighted by atomic mass is 31.0. The number of carbonyl (C=O) groups excluding carboxylic acids is 1. The van der Waals surface area contributed by atoms with E-state index in [4.69, 9.17) is 4.74 Å². The van der Waals surface area contributed by atoms with E-state index < -0.39 is 0 Å². The lowest BCUT2D eigenvalue weighted by Gasteiger charge is -2.36. The summed E-state index contributed by atoms with van der Waals surface area (Å²) >= 11 is 0. The summed E-state index contributed by atoms with van der Waals surface area (Å²) in [5, 5.41) is 0.734. The average molecular weight is 364 g/mol. The number of ether oxygens (including phenoxy) is 1. The zero-order chi connectivity index (χ0) is 18.0. The van der Waals surface area contributed by atoms with Crippen molar-refractivity contribution in [3.8, 4) is 5.75 Å². The third kappa shape index (κ3) is 4.61. The first-order valence-electron chi connectivity index (χ1n) is 9.71. The van der Waals surface area contributed by atoms with Crippen LogP contribution >= 0.6 is 9.24 Å². The van der Waals surface area contributed by atoms with Gasteiger partial charge in [-0.3, -0.25) is 4.79 Å². The largest absolute Gasteiger partial charge is 0.426 e. The Morgan fingerprint density at radius 2 is 1.60 bits per heavy atom. The normalized spacial score (nSPS) is 30.1. The summed E-state index contributed by atoms with van der Waals surface area (Å²) < 4.78 is 19.3. The maximum Gasteiger partial charge on any atom is 0.314 e. The van der Waals surface area contributed by atoms with Gasteiger partial charge in [-0.25, -0.2) is 4.39 Å². The van der Waals surface area contributed by atoms with Crippen molar-refractivity contribution in [3.63, 3.8) is 0 Å². The van der Waals surface area contributed by atoms with E-state index in [9.17, 15) is 9.18 Å². The Labute approximate surface area is 153 Å². The van der Waals surface area contributed by atoms with Gasteiger partial charge in [-0.15, -0.1) is 9.24 Å². The summed E-state index contributed by atoms with van der Waals surface area (Å²) in [7, 11) is 2.49. The van der Waals surface area contributed by atoms with Gasteiger partial charge in [-0.05, 0) is 80.1 Å².